The summed E-state index contributed by atoms with van der Waals surface area (Å²) in [5.74, 6) is 0. The predicted molar refractivity (Wildman–Crippen MR) is 70.1 cm³/mol. The van der Waals surface area contributed by atoms with Crippen molar-refractivity contribution in [2.75, 3.05) is 7.11 Å². The molecule has 0 aliphatic carbocycles. The molecule has 1 aromatic carbocycles. The molecule has 0 aliphatic heterocycles. The van der Waals surface area contributed by atoms with Crippen LogP contribution in [0, 0.1) is 0 Å². The third-order valence-electron chi connectivity index (χ3n) is 2.62. The van der Waals surface area contributed by atoms with Crippen LogP contribution < -0.4 is 0 Å². The highest BCUT2D eigenvalue weighted by molar-refractivity contribution is 7.09. The van der Waals surface area contributed by atoms with Crippen molar-refractivity contribution in [3.05, 3.63) is 57.8 Å². The number of benzene rings is 1. The average molecular weight is 248 g/mol. The smallest absolute Gasteiger partial charge is 0.0838 e. The largest absolute Gasteiger partial charge is 0.388 e. The Morgan fingerprint density at radius 2 is 2.18 bits per heavy atom. The molecule has 0 amide bonds. The highest BCUT2D eigenvalue weighted by Crippen LogP contribution is 2.22. The van der Waals surface area contributed by atoms with E-state index >= 15 is 0 Å². The van der Waals surface area contributed by atoms with Crippen LogP contribution >= 0.6 is 11.3 Å². The van der Waals surface area contributed by atoms with Gasteiger partial charge in [0.05, 0.1) is 12.7 Å². The number of aliphatic hydroxyl groups excluding tert-OH is 1. The molecule has 0 fully saturated rings. The summed E-state index contributed by atoms with van der Waals surface area (Å²) in [5, 5.41) is 12.2. The van der Waals surface area contributed by atoms with E-state index in [0.29, 0.717) is 13.0 Å². The molecule has 0 radical (unpaired) electrons. The Labute approximate surface area is 105 Å². The molecule has 1 N–H and O–H groups in total. The number of hydrogen-bond donors (Lipinski definition) is 1. The summed E-state index contributed by atoms with van der Waals surface area (Å²) < 4.78 is 5.09. The lowest BCUT2D eigenvalue weighted by Crippen LogP contribution is -2.01. The second-order valence-corrected chi connectivity index (χ2v) is 5.01. The van der Waals surface area contributed by atoms with E-state index in [9.17, 15) is 5.11 Å². The van der Waals surface area contributed by atoms with Crippen LogP contribution in [0.1, 0.15) is 22.1 Å². The van der Waals surface area contributed by atoms with E-state index in [1.165, 1.54) is 4.88 Å². The Hall–Kier alpha value is -1.16. The van der Waals surface area contributed by atoms with E-state index in [-0.39, 0.29) is 0 Å². The summed E-state index contributed by atoms with van der Waals surface area (Å²) in [6, 6.07) is 12.0. The Morgan fingerprint density at radius 1 is 1.29 bits per heavy atom. The third-order valence-corrected chi connectivity index (χ3v) is 3.52. The van der Waals surface area contributed by atoms with Gasteiger partial charge < -0.3 is 9.84 Å². The molecular weight excluding hydrogens is 232 g/mol. The number of methoxy groups -OCH3 is 1. The Bertz CT molecular complexity index is 451. The maximum absolute atomic E-state index is 10.2. The van der Waals surface area contributed by atoms with Crippen molar-refractivity contribution in [3.8, 4) is 0 Å². The third kappa shape index (κ3) is 3.40. The first kappa shape index (κ1) is 12.3. The van der Waals surface area contributed by atoms with Crippen LogP contribution in [0.25, 0.3) is 0 Å². The van der Waals surface area contributed by atoms with Gasteiger partial charge in [-0.25, -0.2) is 0 Å². The van der Waals surface area contributed by atoms with Gasteiger partial charge in [0.15, 0.2) is 0 Å². The van der Waals surface area contributed by atoms with Crippen molar-refractivity contribution in [1.29, 1.82) is 0 Å². The van der Waals surface area contributed by atoms with Crippen molar-refractivity contribution in [2.24, 2.45) is 0 Å². The van der Waals surface area contributed by atoms with Gasteiger partial charge in [-0.1, -0.05) is 30.3 Å². The molecule has 90 valence electrons. The van der Waals surface area contributed by atoms with Gasteiger partial charge in [-0.05, 0) is 22.6 Å². The summed E-state index contributed by atoms with van der Waals surface area (Å²) in [6.45, 7) is 0.583. The molecule has 0 bridgehead atoms. The van der Waals surface area contributed by atoms with Crippen molar-refractivity contribution in [3.63, 3.8) is 0 Å². The lowest BCUT2D eigenvalue weighted by Gasteiger charge is -2.11. The first-order valence-electron chi connectivity index (χ1n) is 5.58. The standard InChI is InChI=1S/C14H16O2S/c1-16-10-11-4-2-5-12(8-11)14(15)9-13-6-3-7-17-13/h2-8,14-15H,9-10H2,1H3. The van der Waals surface area contributed by atoms with Crippen LogP contribution in [-0.4, -0.2) is 12.2 Å². The van der Waals surface area contributed by atoms with Crippen molar-refractivity contribution >= 4 is 11.3 Å². The lowest BCUT2D eigenvalue weighted by molar-refractivity contribution is 0.176. The molecule has 0 saturated carbocycles. The van der Waals surface area contributed by atoms with Gasteiger partial charge in [0.25, 0.3) is 0 Å². The van der Waals surface area contributed by atoms with Gasteiger partial charge in [0.2, 0.25) is 0 Å². The topological polar surface area (TPSA) is 29.5 Å². The van der Waals surface area contributed by atoms with Crippen LogP contribution in [-0.2, 0) is 17.8 Å². The lowest BCUT2D eigenvalue weighted by atomic mass is 10.0. The molecule has 2 aromatic rings. The van der Waals surface area contributed by atoms with Gasteiger partial charge in [0, 0.05) is 18.4 Å². The maximum Gasteiger partial charge on any atom is 0.0838 e. The summed E-state index contributed by atoms with van der Waals surface area (Å²) in [4.78, 5) is 1.20. The highest BCUT2D eigenvalue weighted by Gasteiger charge is 2.09. The Morgan fingerprint density at radius 3 is 2.88 bits per heavy atom. The quantitative estimate of drug-likeness (QED) is 0.880. The molecule has 0 spiro atoms. The average Bonchev–Trinajstić information content (AvgIpc) is 2.83. The molecule has 3 heteroatoms. The maximum atomic E-state index is 10.2. The van der Waals surface area contributed by atoms with E-state index < -0.39 is 6.10 Å². The molecule has 0 saturated heterocycles. The monoisotopic (exact) mass is 248 g/mol. The zero-order valence-electron chi connectivity index (χ0n) is 9.80. The number of thiophene rings is 1. The van der Waals surface area contributed by atoms with Crippen molar-refractivity contribution in [1.82, 2.24) is 0 Å². The fourth-order valence-corrected chi connectivity index (χ4v) is 2.54. The van der Waals surface area contributed by atoms with Gasteiger partial charge in [-0.15, -0.1) is 11.3 Å². The number of rotatable bonds is 5. The van der Waals surface area contributed by atoms with E-state index in [0.717, 1.165) is 11.1 Å². The van der Waals surface area contributed by atoms with Crippen molar-refractivity contribution < 1.29 is 9.84 Å². The summed E-state index contributed by atoms with van der Waals surface area (Å²) in [6.07, 6.45) is 0.235. The van der Waals surface area contributed by atoms with Crippen molar-refractivity contribution in [2.45, 2.75) is 19.1 Å². The first-order valence-corrected chi connectivity index (χ1v) is 6.46. The van der Waals surface area contributed by atoms with E-state index in [4.69, 9.17) is 4.74 Å². The number of aliphatic hydroxyl groups is 1. The molecule has 1 unspecified atom stereocenters. The van der Waals surface area contributed by atoms with Crippen LogP contribution in [0.5, 0.6) is 0 Å². The van der Waals surface area contributed by atoms with Crippen LogP contribution in [0.15, 0.2) is 41.8 Å². The van der Waals surface area contributed by atoms with Gasteiger partial charge in [-0.3, -0.25) is 0 Å². The fraction of sp³-hybridized carbons (Fsp3) is 0.286. The van der Waals surface area contributed by atoms with Crippen LogP contribution in [0.4, 0.5) is 0 Å². The minimum Gasteiger partial charge on any atom is -0.388 e. The molecule has 2 rings (SSSR count). The molecule has 17 heavy (non-hydrogen) atoms. The molecule has 1 atom stereocenters. The normalized spacial score (nSPS) is 12.6. The molecule has 1 heterocycles. The second-order valence-electron chi connectivity index (χ2n) is 3.98. The SMILES string of the molecule is COCc1cccc(C(O)Cc2cccs2)c1. The van der Waals surface area contributed by atoms with Gasteiger partial charge >= 0.3 is 0 Å². The summed E-state index contributed by atoms with van der Waals surface area (Å²) in [5.41, 5.74) is 2.04. The predicted octanol–water partition coefficient (Wildman–Crippen LogP) is 3.17. The van der Waals surface area contributed by atoms with E-state index in [2.05, 4.69) is 0 Å². The summed E-state index contributed by atoms with van der Waals surface area (Å²) in [7, 11) is 1.68. The fourth-order valence-electron chi connectivity index (χ4n) is 1.79. The van der Waals surface area contributed by atoms with Crippen LogP contribution in [0.2, 0.25) is 0 Å². The second kappa shape index (κ2) is 5.96. The molecule has 1 aromatic heterocycles. The Kier molecular flexibility index (Phi) is 4.31. The zero-order valence-corrected chi connectivity index (χ0v) is 10.6. The Balaban J connectivity index is 2.07. The molecular formula is C14H16O2S. The minimum atomic E-state index is -0.439. The van der Waals surface area contributed by atoms with Gasteiger partial charge in [0.1, 0.15) is 0 Å². The number of ether oxygens (including phenoxy) is 1. The molecule has 0 aliphatic rings. The minimum absolute atomic E-state index is 0.439. The molecule has 2 nitrogen and oxygen atoms in total. The number of hydrogen-bond acceptors (Lipinski definition) is 3. The van der Waals surface area contributed by atoms with E-state index in [1.807, 2.05) is 41.8 Å². The zero-order chi connectivity index (χ0) is 12.1. The van der Waals surface area contributed by atoms with E-state index in [1.54, 1.807) is 18.4 Å². The highest BCUT2D eigenvalue weighted by atomic mass is 32.1. The van der Waals surface area contributed by atoms with Gasteiger partial charge in [-0.2, -0.15) is 0 Å². The summed E-state index contributed by atoms with van der Waals surface area (Å²) >= 11 is 1.68. The first-order chi connectivity index (χ1) is 8.29. The van der Waals surface area contributed by atoms with Crippen LogP contribution in [0.3, 0.4) is 0 Å².